The molecule has 1 aromatic carbocycles. The topological polar surface area (TPSA) is 95.5 Å². The van der Waals surface area contributed by atoms with Gasteiger partial charge in [0.05, 0.1) is 11.4 Å². The van der Waals surface area contributed by atoms with E-state index < -0.39 is 5.75 Å². The Hall–Kier alpha value is -3.02. The number of benzene rings is 1. The van der Waals surface area contributed by atoms with Crippen LogP contribution in [0, 0.1) is 0 Å². The molecule has 0 saturated carbocycles. The Morgan fingerprint density at radius 1 is 0.773 bits per heavy atom. The summed E-state index contributed by atoms with van der Waals surface area (Å²) >= 11 is 0. The van der Waals surface area contributed by atoms with E-state index in [1.807, 2.05) is 43.3 Å². The molecule has 0 radical (unpaired) electrons. The number of aromatic hydroxyl groups is 3. The number of aromatic amines is 2. The highest BCUT2D eigenvalue weighted by Gasteiger charge is 2.12. The number of hydrogen-bond acceptors (Lipinski definition) is 4. The van der Waals surface area contributed by atoms with Crippen LogP contribution in [0.1, 0.15) is 0 Å². The Balaban J connectivity index is 1.96. The minimum absolute atomic E-state index is 0.360. The van der Waals surface area contributed by atoms with Gasteiger partial charge in [-0.1, -0.05) is 0 Å². The summed E-state index contributed by atoms with van der Waals surface area (Å²) in [7, 11) is 3.91. The molecule has 2 heterocycles. The van der Waals surface area contributed by atoms with Crippen LogP contribution in [-0.2, 0) is 0 Å². The van der Waals surface area contributed by atoms with Gasteiger partial charge >= 0.3 is 0 Å². The molecule has 0 aliphatic rings. The maximum Gasteiger partial charge on any atom is 0.200 e. The molecule has 0 aliphatic heterocycles. The van der Waals surface area contributed by atoms with Crippen molar-refractivity contribution >= 4 is 5.82 Å². The van der Waals surface area contributed by atoms with Crippen LogP contribution < -0.4 is 4.90 Å². The van der Waals surface area contributed by atoms with Gasteiger partial charge in [-0.3, -0.25) is 0 Å². The zero-order valence-corrected chi connectivity index (χ0v) is 12.3. The fraction of sp³-hybridized carbons (Fsp3) is 0.125. The number of rotatable bonds is 3. The maximum atomic E-state index is 9.59. The lowest BCUT2D eigenvalue weighted by atomic mass is 10.1. The molecule has 6 nitrogen and oxygen atoms in total. The number of hydrogen-bond donors (Lipinski definition) is 5. The third kappa shape index (κ3) is 2.35. The van der Waals surface area contributed by atoms with Crippen LogP contribution in [0.2, 0.25) is 0 Å². The molecule has 3 aromatic rings. The van der Waals surface area contributed by atoms with Crippen molar-refractivity contribution in [2.24, 2.45) is 0 Å². The van der Waals surface area contributed by atoms with Crippen LogP contribution in [0.3, 0.4) is 0 Å². The molecule has 0 aliphatic carbocycles. The van der Waals surface area contributed by atoms with Gasteiger partial charge in [0.1, 0.15) is 5.82 Å². The normalized spacial score (nSPS) is 10.8. The van der Waals surface area contributed by atoms with E-state index in [-0.39, 0.29) is 11.5 Å². The monoisotopic (exact) mass is 299 g/mol. The highest BCUT2D eigenvalue weighted by atomic mass is 16.3. The van der Waals surface area contributed by atoms with E-state index in [2.05, 4.69) is 9.97 Å². The van der Waals surface area contributed by atoms with Crippen LogP contribution >= 0.6 is 0 Å². The average molecular weight is 299 g/mol. The summed E-state index contributed by atoms with van der Waals surface area (Å²) < 4.78 is 0. The van der Waals surface area contributed by atoms with Crippen LogP contribution in [0.25, 0.3) is 22.6 Å². The molecular formula is C16H17N3O3. The number of nitrogens with zero attached hydrogens (tertiary/aromatic N) is 1. The number of phenols is 3. The zero-order valence-electron chi connectivity index (χ0n) is 12.3. The summed E-state index contributed by atoms with van der Waals surface area (Å²) in [6.45, 7) is 0. The van der Waals surface area contributed by atoms with E-state index in [4.69, 9.17) is 0 Å². The molecule has 0 bridgehead atoms. The van der Waals surface area contributed by atoms with E-state index in [0.717, 1.165) is 22.9 Å². The summed E-state index contributed by atoms with van der Waals surface area (Å²) in [5.41, 5.74) is 3.12. The van der Waals surface area contributed by atoms with Gasteiger partial charge in [0.25, 0.3) is 0 Å². The molecule has 5 N–H and O–H groups in total. The van der Waals surface area contributed by atoms with Crippen molar-refractivity contribution in [2.75, 3.05) is 19.0 Å². The van der Waals surface area contributed by atoms with Crippen molar-refractivity contribution in [1.82, 2.24) is 9.97 Å². The zero-order chi connectivity index (χ0) is 15.9. The van der Waals surface area contributed by atoms with Gasteiger partial charge in [0, 0.05) is 25.4 Å². The van der Waals surface area contributed by atoms with Crippen LogP contribution in [0.15, 0.2) is 36.4 Å². The summed E-state index contributed by atoms with van der Waals surface area (Å²) in [4.78, 5) is 8.48. The average Bonchev–Trinajstić information content (AvgIpc) is 3.12. The van der Waals surface area contributed by atoms with Crippen molar-refractivity contribution < 1.29 is 15.3 Å². The first kappa shape index (κ1) is 13.9. The number of anilines is 1. The lowest BCUT2D eigenvalue weighted by molar-refractivity contribution is 0.368. The number of nitrogens with one attached hydrogen (secondary N) is 2. The van der Waals surface area contributed by atoms with Gasteiger partial charge in [0.15, 0.2) is 17.2 Å². The van der Waals surface area contributed by atoms with E-state index in [9.17, 15) is 15.3 Å². The van der Waals surface area contributed by atoms with Crippen molar-refractivity contribution in [3.63, 3.8) is 0 Å². The van der Waals surface area contributed by atoms with Crippen molar-refractivity contribution in [3.8, 4) is 39.9 Å². The first-order valence-electron chi connectivity index (χ1n) is 6.76. The van der Waals surface area contributed by atoms with Gasteiger partial charge in [-0.05, 0) is 36.4 Å². The highest BCUT2D eigenvalue weighted by molar-refractivity contribution is 5.71. The largest absolute Gasteiger partial charge is 0.504 e. The summed E-state index contributed by atoms with van der Waals surface area (Å²) in [5, 5.41) is 28.6. The highest BCUT2D eigenvalue weighted by Crippen LogP contribution is 2.39. The number of H-pyrrole nitrogens is 2. The Kier molecular flexibility index (Phi) is 3.21. The molecule has 0 spiro atoms. The van der Waals surface area contributed by atoms with Gasteiger partial charge < -0.3 is 30.2 Å². The number of phenolic OH excluding ortho intramolecular Hbond substituents is 3. The lowest BCUT2D eigenvalue weighted by Crippen LogP contribution is -2.08. The summed E-state index contributed by atoms with van der Waals surface area (Å²) in [5.74, 6) is -0.247. The molecule has 0 atom stereocenters. The Morgan fingerprint density at radius 3 is 1.91 bits per heavy atom. The van der Waals surface area contributed by atoms with Gasteiger partial charge in [-0.2, -0.15) is 0 Å². The molecule has 22 heavy (non-hydrogen) atoms. The minimum atomic E-state index is -0.518. The Bertz CT molecular complexity index is 795. The van der Waals surface area contributed by atoms with Crippen LogP contribution in [-0.4, -0.2) is 39.4 Å². The molecule has 0 fully saturated rings. The van der Waals surface area contributed by atoms with Gasteiger partial charge in [-0.15, -0.1) is 0 Å². The fourth-order valence-electron chi connectivity index (χ4n) is 2.28. The van der Waals surface area contributed by atoms with E-state index >= 15 is 0 Å². The van der Waals surface area contributed by atoms with Gasteiger partial charge in [0.2, 0.25) is 0 Å². The molecule has 0 unspecified atom stereocenters. The first-order valence-corrected chi connectivity index (χ1v) is 6.76. The van der Waals surface area contributed by atoms with Crippen molar-refractivity contribution in [3.05, 3.63) is 36.4 Å². The number of aromatic nitrogens is 2. The molecule has 6 heteroatoms. The molecule has 114 valence electrons. The molecule has 2 aromatic heterocycles. The molecular weight excluding hydrogens is 282 g/mol. The molecule has 3 rings (SSSR count). The molecule has 0 amide bonds. The van der Waals surface area contributed by atoms with Crippen molar-refractivity contribution in [1.29, 1.82) is 0 Å². The van der Waals surface area contributed by atoms with E-state index in [1.165, 1.54) is 12.1 Å². The van der Waals surface area contributed by atoms with Crippen LogP contribution in [0.5, 0.6) is 17.2 Å². The third-order valence-electron chi connectivity index (χ3n) is 3.51. The Labute approximate surface area is 127 Å². The van der Waals surface area contributed by atoms with Crippen molar-refractivity contribution in [2.45, 2.75) is 0 Å². The minimum Gasteiger partial charge on any atom is -0.504 e. The SMILES string of the molecule is CN(C)c1ccc(-c2ccc(-c3cc(O)c(O)c(O)c3)[nH]2)[nH]1. The summed E-state index contributed by atoms with van der Waals surface area (Å²) in [6.07, 6.45) is 0. The predicted molar refractivity (Wildman–Crippen MR) is 85.3 cm³/mol. The van der Waals surface area contributed by atoms with E-state index in [1.54, 1.807) is 0 Å². The van der Waals surface area contributed by atoms with E-state index in [0.29, 0.717) is 5.56 Å². The second kappa shape index (κ2) is 5.07. The third-order valence-corrected chi connectivity index (χ3v) is 3.51. The summed E-state index contributed by atoms with van der Waals surface area (Å²) in [6, 6.07) is 10.5. The lowest BCUT2D eigenvalue weighted by Gasteiger charge is -2.08. The second-order valence-electron chi connectivity index (χ2n) is 5.30. The predicted octanol–water partition coefficient (Wildman–Crippen LogP) is 2.86. The fourth-order valence-corrected chi connectivity index (χ4v) is 2.28. The maximum absolute atomic E-state index is 9.59. The standard InChI is InChI=1S/C16H17N3O3/c1-19(2)15-6-5-12(18-15)11-4-3-10(17-11)9-7-13(20)16(22)14(21)8-9/h3-8,17-18,20-22H,1-2H3. The van der Waals surface area contributed by atoms with Gasteiger partial charge in [-0.25, -0.2) is 0 Å². The van der Waals surface area contributed by atoms with Crippen LogP contribution in [0.4, 0.5) is 5.82 Å². The quantitative estimate of drug-likeness (QED) is 0.481. The Morgan fingerprint density at radius 2 is 1.32 bits per heavy atom. The smallest absolute Gasteiger partial charge is 0.200 e. The first-order chi connectivity index (χ1) is 10.5. The molecule has 0 saturated heterocycles. The second-order valence-corrected chi connectivity index (χ2v) is 5.30.